The maximum Gasteiger partial charge on any atom is 0.173 e. The van der Waals surface area contributed by atoms with Crippen LogP contribution in [-0.4, -0.2) is 22.1 Å². The third-order valence-electron chi connectivity index (χ3n) is 7.32. The van der Waals surface area contributed by atoms with Gasteiger partial charge in [-0.1, -0.05) is 48.3 Å². The lowest BCUT2D eigenvalue weighted by Gasteiger charge is -2.30. The number of benzene rings is 2. The summed E-state index contributed by atoms with van der Waals surface area (Å²) < 4.78 is 6.27. The van der Waals surface area contributed by atoms with Crippen LogP contribution in [0, 0.1) is 11.8 Å². The van der Waals surface area contributed by atoms with Gasteiger partial charge in [-0.15, -0.1) is 0 Å². The lowest BCUT2D eigenvalue weighted by Crippen LogP contribution is -2.39. The quantitative estimate of drug-likeness (QED) is 0.578. The van der Waals surface area contributed by atoms with E-state index in [4.69, 9.17) is 27.9 Å². The number of aryl methyl sites for hydroxylation is 1. The molecule has 2 bridgehead atoms. The number of carbonyl (C=O) groups excluding carboxylic acids is 1. The molecule has 0 unspecified atom stereocenters. The van der Waals surface area contributed by atoms with E-state index in [0.29, 0.717) is 15.6 Å². The van der Waals surface area contributed by atoms with Crippen molar-refractivity contribution in [2.75, 3.05) is 0 Å². The number of allylic oxidation sites excluding steroid dienone is 1. The summed E-state index contributed by atoms with van der Waals surface area (Å²) in [5.41, 5.74) is 3.03. The van der Waals surface area contributed by atoms with Gasteiger partial charge in [-0.25, -0.2) is 0 Å². The van der Waals surface area contributed by atoms with Crippen LogP contribution in [0.4, 0.5) is 0 Å². The monoisotopic (exact) mass is 442 g/mol. The molecule has 5 heteroatoms. The molecular formula is C25H24Cl2O3. The SMILES string of the molecule is CCc1ccc(-c2ccc(Cl)cc2Cl)cc1C1=C(O)[C@H]2[C@@H](C1=O)[C@]1(C)CC[C@@]2(C)O1. The molecule has 1 N–H and O–H groups in total. The Balaban J connectivity index is 1.67. The molecule has 5 rings (SSSR count). The Kier molecular flexibility index (Phi) is 4.42. The molecule has 30 heavy (non-hydrogen) atoms. The van der Waals surface area contributed by atoms with Crippen molar-refractivity contribution in [2.45, 2.75) is 51.2 Å². The summed E-state index contributed by atoms with van der Waals surface area (Å²) in [7, 11) is 0. The lowest BCUT2D eigenvalue weighted by molar-refractivity contribution is -0.121. The highest BCUT2D eigenvalue weighted by atomic mass is 35.5. The van der Waals surface area contributed by atoms with E-state index in [1.54, 1.807) is 12.1 Å². The first-order valence-corrected chi connectivity index (χ1v) is 11.2. The molecule has 1 aliphatic carbocycles. The number of hydrogen-bond donors (Lipinski definition) is 1. The highest BCUT2D eigenvalue weighted by molar-refractivity contribution is 6.36. The summed E-state index contributed by atoms with van der Waals surface area (Å²) in [5.74, 6) is -0.410. The van der Waals surface area contributed by atoms with Crippen molar-refractivity contribution in [1.82, 2.24) is 0 Å². The van der Waals surface area contributed by atoms with Gasteiger partial charge in [0.15, 0.2) is 5.78 Å². The molecule has 3 nitrogen and oxygen atoms in total. The zero-order valence-corrected chi connectivity index (χ0v) is 18.8. The fourth-order valence-electron chi connectivity index (χ4n) is 5.87. The van der Waals surface area contributed by atoms with Crippen LogP contribution in [0.25, 0.3) is 16.7 Å². The summed E-state index contributed by atoms with van der Waals surface area (Å²) in [6.45, 7) is 6.10. The molecule has 2 fully saturated rings. The summed E-state index contributed by atoms with van der Waals surface area (Å²) in [5, 5.41) is 12.4. The van der Waals surface area contributed by atoms with Gasteiger partial charge in [-0.3, -0.25) is 4.79 Å². The van der Waals surface area contributed by atoms with Crippen LogP contribution in [-0.2, 0) is 16.0 Å². The first kappa shape index (κ1) is 20.1. The number of rotatable bonds is 3. The fraction of sp³-hybridized carbons (Fsp3) is 0.400. The molecule has 4 atom stereocenters. The average Bonchev–Trinajstić information content (AvgIpc) is 3.25. The number of ketones is 1. The molecule has 3 aliphatic rings. The molecule has 2 aromatic rings. The second kappa shape index (κ2) is 6.59. The zero-order valence-electron chi connectivity index (χ0n) is 17.3. The van der Waals surface area contributed by atoms with Crippen molar-refractivity contribution in [3.05, 3.63) is 63.3 Å². The molecule has 2 heterocycles. The van der Waals surface area contributed by atoms with Gasteiger partial charge in [-0.2, -0.15) is 0 Å². The Morgan fingerprint density at radius 2 is 1.73 bits per heavy atom. The minimum absolute atomic E-state index is 0.00234. The average molecular weight is 443 g/mol. The van der Waals surface area contributed by atoms with Crippen molar-refractivity contribution in [3.8, 4) is 11.1 Å². The van der Waals surface area contributed by atoms with Gasteiger partial charge in [0.25, 0.3) is 0 Å². The zero-order chi connectivity index (χ0) is 21.4. The standard InChI is InChI=1S/C25H24Cl2O3/c1-4-13-5-6-14(16-8-7-15(26)12-18(16)27)11-17(13)19-22(28)20-21(23(19)29)25(3)10-9-24(20,2)30-25/h5-8,11-12,20-21,28H,4,9-10H2,1-3H3/t20-,21+,24-,25+/m1/s1. The summed E-state index contributed by atoms with van der Waals surface area (Å²) in [4.78, 5) is 13.6. The Hall–Kier alpha value is -1.81. The van der Waals surface area contributed by atoms with Crippen molar-refractivity contribution < 1.29 is 14.6 Å². The van der Waals surface area contributed by atoms with Gasteiger partial charge < -0.3 is 9.84 Å². The highest BCUT2D eigenvalue weighted by Gasteiger charge is 2.69. The molecule has 0 radical (unpaired) electrons. The van der Waals surface area contributed by atoms with E-state index >= 15 is 0 Å². The number of halogens is 2. The van der Waals surface area contributed by atoms with E-state index in [9.17, 15) is 9.90 Å². The number of hydrogen-bond acceptors (Lipinski definition) is 3. The molecule has 156 valence electrons. The van der Waals surface area contributed by atoms with Gasteiger partial charge in [0, 0.05) is 15.6 Å². The normalized spacial score (nSPS) is 32.2. The number of Topliss-reactive ketones (excluding diaryl/α,β-unsaturated/α-hetero) is 1. The van der Waals surface area contributed by atoms with E-state index < -0.39 is 11.2 Å². The van der Waals surface area contributed by atoms with E-state index in [1.807, 2.05) is 38.1 Å². The molecule has 0 aromatic heterocycles. The van der Waals surface area contributed by atoms with E-state index in [-0.39, 0.29) is 23.4 Å². The lowest BCUT2D eigenvalue weighted by atomic mass is 9.68. The van der Waals surface area contributed by atoms with Gasteiger partial charge >= 0.3 is 0 Å². The predicted octanol–water partition coefficient (Wildman–Crippen LogP) is 6.65. The van der Waals surface area contributed by atoms with Gasteiger partial charge in [0.05, 0.1) is 28.6 Å². The minimum atomic E-state index is -0.504. The number of fused-ring (bicyclic) bond motifs is 5. The third kappa shape index (κ3) is 2.65. The summed E-state index contributed by atoms with van der Waals surface area (Å²) in [6.07, 6.45) is 2.46. The van der Waals surface area contributed by atoms with Crippen LogP contribution in [0.2, 0.25) is 10.0 Å². The second-order valence-corrected chi connectivity index (χ2v) is 10.0. The van der Waals surface area contributed by atoms with Crippen LogP contribution < -0.4 is 0 Å². The molecule has 0 amide bonds. The molecule has 2 aliphatic heterocycles. The minimum Gasteiger partial charge on any atom is -0.511 e. The molecule has 2 aromatic carbocycles. The van der Waals surface area contributed by atoms with Crippen molar-refractivity contribution in [3.63, 3.8) is 0 Å². The fourth-order valence-corrected chi connectivity index (χ4v) is 6.38. The third-order valence-corrected chi connectivity index (χ3v) is 7.86. The molecule has 0 saturated carbocycles. The number of carbonyl (C=O) groups is 1. The van der Waals surface area contributed by atoms with Gasteiger partial charge in [0.2, 0.25) is 0 Å². The van der Waals surface area contributed by atoms with Crippen molar-refractivity contribution in [2.24, 2.45) is 11.8 Å². The number of ether oxygens (including phenoxy) is 1. The Labute approximate surface area is 186 Å². The largest absolute Gasteiger partial charge is 0.511 e. The Morgan fingerprint density at radius 3 is 2.37 bits per heavy atom. The molecular weight excluding hydrogens is 419 g/mol. The molecule has 2 saturated heterocycles. The van der Waals surface area contributed by atoms with E-state index in [1.165, 1.54) is 0 Å². The number of aliphatic hydroxyl groups is 1. The van der Waals surface area contributed by atoms with E-state index in [0.717, 1.165) is 41.5 Å². The Bertz CT molecular complexity index is 1120. The van der Waals surface area contributed by atoms with Crippen LogP contribution in [0.3, 0.4) is 0 Å². The number of aliphatic hydroxyl groups excluding tert-OH is 1. The summed E-state index contributed by atoms with van der Waals surface area (Å²) >= 11 is 12.5. The maximum atomic E-state index is 13.6. The highest BCUT2D eigenvalue weighted by Crippen LogP contribution is 2.63. The predicted molar refractivity (Wildman–Crippen MR) is 120 cm³/mol. The van der Waals surface area contributed by atoms with Gasteiger partial charge in [-0.05, 0) is 68.0 Å². The van der Waals surface area contributed by atoms with E-state index in [2.05, 4.69) is 6.92 Å². The Morgan fingerprint density at radius 1 is 1.03 bits per heavy atom. The topological polar surface area (TPSA) is 46.5 Å². The summed E-state index contributed by atoms with van der Waals surface area (Å²) in [6, 6.07) is 11.4. The van der Waals surface area contributed by atoms with Gasteiger partial charge in [0.1, 0.15) is 5.76 Å². The van der Waals surface area contributed by atoms with Crippen molar-refractivity contribution >= 4 is 34.6 Å². The smallest absolute Gasteiger partial charge is 0.173 e. The van der Waals surface area contributed by atoms with Crippen LogP contribution in [0.15, 0.2) is 42.2 Å². The van der Waals surface area contributed by atoms with Crippen LogP contribution in [0.1, 0.15) is 44.7 Å². The first-order chi connectivity index (χ1) is 14.2. The maximum absolute atomic E-state index is 13.6. The van der Waals surface area contributed by atoms with Crippen molar-refractivity contribution in [1.29, 1.82) is 0 Å². The van der Waals surface area contributed by atoms with Crippen LogP contribution >= 0.6 is 23.2 Å². The second-order valence-electron chi connectivity index (χ2n) is 9.16. The first-order valence-electron chi connectivity index (χ1n) is 10.4. The molecule has 0 spiro atoms. The van der Waals surface area contributed by atoms with Crippen LogP contribution in [0.5, 0.6) is 0 Å².